The maximum atomic E-state index is 10.6. The number of hydrogen-bond donors (Lipinski definition) is 2. The van der Waals surface area contributed by atoms with E-state index in [1.807, 2.05) is 0 Å². The summed E-state index contributed by atoms with van der Waals surface area (Å²) in [5.41, 5.74) is 0.220. The van der Waals surface area contributed by atoms with Crippen molar-refractivity contribution in [3.05, 3.63) is 33.9 Å². The van der Waals surface area contributed by atoms with Crippen LogP contribution in [-0.2, 0) is 6.61 Å². The third-order valence-electron chi connectivity index (χ3n) is 2.42. The first-order valence-corrected chi connectivity index (χ1v) is 5.18. The van der Waals surface area contributed by atoms with E-state index in [4.69, 9.17) is 9.84 Å². The van der Waals surface area contributed by atoms with Gasteiger partial charge >= 0.3 is 0 Å². The van der Waals surface area contributed by atoms with E-state index in [0.717, 1.165) is 0 Å². The number of aliphatic hydroxyl groups is 2. The lowest BCUT2D eigenvalue weighted by Crippen LogP contribution is -2.26. The van der Waals surface area contributed by atoms with Crippen LogP contribution in [0.2, 0.25) is 0 Å². The molecule has 2 unspecified atom stereocenters. The van der Waals surface area contributed by atoms with E-state index in [2.05, 4.69) is 0 Å². The lowest BCUT2D eigenvalue weighted by atomic mass is 10.2. The molecule has 0 saturated heterocycles. The molecule has 0 amide bonds. The number of nitro groups is 1. The third kappa shape index (κ3) is 3.40. The van der Waals surface area contributed by atoms with Crippen LogP contribution in [0.5, 0.6) is 5.75 Å². The van der Waals surface area contributed by atoms with E-state index in [-0.39, 0.29) is 12.3 Å². The number of rotatable bonds is 5. The second-order valence-electron chi connectivity index (χ2n) is 3.77. The summed E-state index contributed by atoms with van der Waals surface area (Å²) in [6.07, 6.45) is -1.13. The quantitative estimate of drug-likeness (QED) is 0.597. The minimum absolute atomic E-state index is 0.105. The van der Waals surface area contributed by atoms with Gasteiger partial charge in [-0.25, -0.2) is 0 Å². The molecule has 1 aromatic carbocycles. The average molecular weight is 241 g/mol. The van der Waals surface area contributed by atoms with Crippen molar-refractivity contribution in [3.8, 4) is 5.75 Å². The Labute approximate surface area is 98.6 Å². The molecule has 0 aromatic heterocycles. The summed E-state index contributed by atoms with van der Waals surface area (Å²) >= 11 is 0. The summed E-state index contributed by atoms with van der Waals surface area (Å²) in [6.45, 7) is 2.89. The summed E-state index contributed by atoms with van der Waals surface area (Å²) in [5.74, 6) is 0.339. The highest BCUT2D eigenvalue weighted by molar-refractivity contribution is 5.43. The van der Waals surface area contributed by atoms with Crippen molar-refractivity contribution in [1.29, 1.82) is 0 Å². The van der Waals surface area contributed by atoms with Crippen LogP contribution in [0.3, 0.4) is 0 Å². The lowest BCUT2D eigenvalue weighted by molar-refractivity contribution is -0.385. The largest absolute Gasteiger partial charge is 0.488 e. The second-order valence-corrected chi connectivity index (χ2v) is 3.77. The summed E-state index contributed by atoms with van der Waals surface area (Å²) in [7, 11) is 0. The highest BCUT2D eigenvalue weighted by Crippen LogP contribution is 2.25. The molecule has 0 aliphatic rings. The Bertz CT molecular complexity index is 405. The number of aliphatic hydroxyl groups excluding tert-OH is 2. The molecule has 2 N–H and O–H groups in total. The van der Waals surface area contributed by atoms with Gasteiger partial charge in [0.1, 0.15) is 11.9 Å². The molecule has 17 heavy (non-hydrogen) atoms. The molecule has 1 aromatic rings. The first-order chi connectivity index (χ1) is 7.95. The average Bonchev–Trinajstić information content (AvgIpc) is 2.28. The lowest BCUT2D eigenvalue weighted by Gasteiger charge is -2.18. The predicted octanol–water partition coefficient (Wildman–Crippen LogP) is 1.24. The van der Waals surface area contributed by atoms with E-state index in [9.17, 15) is 15.2 Å². The molecule has 0 fully saturated rings. The van der Waals surface area contributed by atoms with Crippen LogP contribution in [0.1, 0.15) is 19.4 Å². The van der Waals surface area contributed by atoms with Crippen LogP contribution >= 0.6 is 0 Å². The SMILES string of the molecule is CC(O)C(C)Oc1ccc([N+](=O)[O-])cc1CO. The molecule has 0 saturated carbocycles. The molecular formula is C11H15NO5. The monoisotopic (exact) mass is 241 g/mol. The molecule has 0 aliphatic carbocycles. The van der Waals surface area contributed by atoms with Gasteiger partial charge in [0.25, 0.3) is 5.69 Å². The van der Waals surface area contributed by atoms with Crippen LogP contribution in [0.15, 0.2) is 18.2 Å². The Morgan fingerprint density at radius 2 is 2.12 bits per heavy atom. The van der Waals surface area contributed by atoms with Crippen LogP contribution in [0.4, 0.5) is 5.69 Å². The number of benzene rings is 1. The van der Waals surface area contributed by atoms with Gasteiger partial charge in [0.05, 0.1) is 17.6 Å². The second kappa shape index (κ2) is 5.60. The molecular weight excluding hydrogens is 226 g/mol. The Morgan fingerprint density at radius 1 is 1.47 bits per heavy atom. The number of hydrogen-bond acceptors (Lipinski definition) is 5. The fourth-order valence-corrected chi connectivity index (χ4v) is 1.22. The number of non-ortho nitro benzene ring substituents is 1. The van der Waals surface area contributed by atoms with E-state index in [1.165, 1.54) is 18.2 Å². The molecule has 6 heteroatoms. The Hall–Kier alpha value is -1.66. The topological polar surface area (TPSA) is 92.8 Å². The standard InChI is InChI=1S/C11H15NO5/c1-7(14)8(2)17-11-4-3-10(12(15)16)5-9(11)6-13/h3-5,7-8,13-14H,6H2,1-2H3. The van der Waals surface area contributed by atoms with Gasteiger partial charge in [-0.3, -0.25) is 10.1 Å². The molecule has 0 heterocycles. The van der Waals surface area contributed by atoms with Crippen molar-refractivity contribution in [2.45, 2.75) is 32.7 Å². The zero-order chi connectivity index (χ0) is 13.0. The normalized spacial score (nSPS) is 14.1. The fourth-order valence-electron chi connectivity index (χ4n) is 1.22. The van der Waals surface area contributed by atoms with Crippen molar-refractivity contribution < 1.29 is 19.9 Å². The molecule has 6 nitrogen and oxygen atoms in total. The minimum atomic E-state index is -0.670. The summed E-state index contributed by atoms with van der Waals surface area (Å²) in [5, 5.41) is 29.0. The summed E-state index contributed by atoms with van der Waals surface area (Å²) < 4.78 is 5.40. The van der Waals surface area contributed by atoms with Gasteiger partial charge in [-0.2, -0.15) is 0 Å². The smallest absolute Gasteiger partial charge is 0.270 e. The molecule has 0 radical (unpaired) electrons. The third-order valence-corrected chi connectivity index (χ3v) is 2.42. The van der Waals surface area contributed by atoms with Gasteiger partial charge in [0.15, 0.2) is 0 Å². The summed E-state index contributed by atoms with van der Waals surface area (Å²) in [4.78, 5) is 10.0. The van der Waals surface area contributed by atoms with Crippen molar-refractivity contribution in [2.75, 3.05) is 0 Å². The Morgan fingerprint density at radius 3 is 2.59 bits per heavy atom. The van der Waals surface area contributed by atoms with Gasteiger partial charge in [-0.05, 0) is 19.9 Å². The van der Waals surface area contributed by atoms with Crippen molar-refractivity contribution in [1.82, 2.24) is 0 Å². The van der Waals surface area contributed by atoms with Gasteiger partial charge in [0, 0.05) is 17.7 Å². The molecule has 1 rings (SSSR count). The first-order valence-electron chi connectivity index (χ1n) is 5.18. The fraction of sp³-hybridized carbons (Fsp3) is 0.455. The molecule has 2 atom stereocenters. The van der Waals surface area contributed by atoms with Crippen molar-refractivity contribution in [3.63, 3.8) is 0 Å². The maximum absolute atomic E-state index is 10.6. The van der Waals surface area contributed by atoms with E-state index in [1.54, 1.807) is 13.8 Å². The van der Waals surface area contributed by atoms with Crippen molar-refractivity contribution >= 4 is 5.69 Å². The van der Waals surface area contributed by atoms with Crippen LogP contribution in [0.25, 0.3) is 0 Å². The molecule has 94 valence electrons. The highest BCUT2D eigenvalue weighted by atomic mass is 16.6. The van der Waals surface area contributed by atoms with Crippen LogP contribution in [0, 0.1) is 10.1 Å². The number of nitrogens with zero attached hydrogens (tertiary/aromatic N) is 1. The zero-order valence-electron chi connectivity index (χ0n) is 9.66. The summed E-state index contributed by atoms with van der Waals surface area (Å²) in [6, 6.07) is 3.97. The van der Waals surface area contributed by atoms with Gasteiger partial charge in [-0.1, -0.05) is 0 Å². The van der Waals surface area contributed by atoms with E-state index >= 15 is 0 Å². The van der Waals surface area contributed by atoms with Gasteiger partial charge in [0.2, 0.25) is 0 Å². The first kappa shape index (κ1) is 13.4. The number of nitro benzene ring substituents is 1. The Kier molecular flexibility index (Phi) is 4.42. The minimum Gasteiger partial charge on any atom is -0.488 e. The Balaban J connectivity index is 2.96. The zero-order valence-corrected chi connectivity index (χ0v) is 9.66. The maximum Gasteiger partial charge on any atom is 0.270 e. The van der Waals surface area contributed by atoms with Crippen LogP contribution in [-0.4, -0.2) is 27.3 Å². The molecule has 0 spiro atoms. The molecule has 0 bridgehead atoms. The van der Waals surface area contributed by atoms with Gasteiger partial charge < -0.3 is 14.9 Å². The molecule has 0 aliphatic heterocycles. The van der Waals surface area contributed by atoms with Gasteiger partial charge in [-0.15, -0.1) is 0 Å². The van der Waals surface area contributed by atoms with Crippen molar-refractivity contribution in [2.24, 2.45) is 0 Å². The van der Waals surface area contributed by atoms with E-state index in [0.29, 0.717) is 11.3 Å². The van der Waals surface area contributed by atoms with Crippen LogP contribution < -0.4 is 4.74 Å². The number of ether oxygens (including phenoxy) is 1. The van der Waals surface area contributed by atoms with E-state index < -0.39 is 17.1 Å². The predicted molar refractivity (Wildman–Crippen MR) is 60.8 cm³/mol. The highest BCUT2D eigenvalue weighted by Gasteiger charge is 2.15.